The number of amides is 2. The van der Waals surface area contributed by atoms with Crippen LogP contribution in [0.1, 0.15) is 28.2 Å². The number of primary amides is 1. The number of nitrogens with zero attached hydrogens (tertiary/aromatic N) is 3. The van der Waals surface area contributed by atoms with Gasteiger partial charge in [-0.25, -0.2) is 9.07 Å². The van der Waals surface area contributed by atoms with Gasteiger partial charge in [-0.15, -0.1) is 11.3 Å². The molecular weight excluding hydrogens is 367 g/mol. The second-order valence-electron chi connectivity index (χ2n) is 6.77. The summed E-state index contributed by atoms with van der Waals surface area (Å²) in [4.78, 5) is 27.5. The van der Waals surface area contributed by atoms with Crippen molar-refractivity contribution in [3.8, 4) is 5.69 Å². The molecule has 0 bridgehead atoms. The Morgan fingerprint density at radius 3 is 2.52 bits per heavy atom. The number of hydrogen-bond donors (Lipinski definition) is 1. The van der Waals surface area contributed by atoms with Crippen molar-refractivity contribution >= 4 is 33.4 Å². The quantitative estimate of drug-likeness (QED) is 0.751. The van der Waals surface area contributed by atoms with Crippen LogP contribution in [0.15, 0.2) is 30.3 Å². The van der Waals surface area contributed by atoms with Crippen molar-refractivity contribution in [2.75, 3.05) is 13.1 Å². The Labute approximate surface area is 159 Å². The largest absolute Gasteiger partial charge is 0.369 e. The van der Waals surface area contributed by atoms with Gasteiger partial charge in [-0.3, -0.25) is 9.59 Å². The molecule has 2 amide bonds. The lowest BCUT2D eigenvalue weighted by molar-refractivity contribution is -0.123. The van der Waals surface area contributed by atoms with E-state index in [-0.39, 0.29) is 23.5 Å². The normalized spacial score (nSPS) is 15.4. The molecule has 1 aromatic carbocycles. The van der Waals surface area contributed by atoms with Gasteiger partial charge < -0.3 is 10.6 Å². The number of fused-ring (bicyclic) bond motifs is 1. The number of carbonyl (C=O) groups is 2. The smallest absolute Gasteiger partial charge is 0.264 e. The van der Waals surface area contributed by atoms with E-state index in [4.69, 9.17) is 5.73 Å². The summed E-state index contributed by atoms with van der Waals surface area (Å²) in [6, 6.07) is 7.97. The zero-order valence-electron chi connectivity index (χ0n) is 14.8. The minimum absolute atomic E-state index is 0.0378. The van der Waals surface area contributed by atoms with Crippen molar-refractivity contribution in [1.82, 2.24) is 14.7 Å². The Bertz CT molecular complexity index is 1020. The van der Waals surface area contributed by atoms with Crippen molar-refractivity contribution in [1.29, 1.82) is 0 Å². The van der Waals surface area contributed by atoms with Crippen LogP contribution in [0.4, 0.5) is 4.39 Å². The molecule has 0 radical (unpaired) electrons. The summed E-state index contributed by atoms with van der Waals surface area (Å²) in [7, 11) is 0. The van der Waals surface area contributed by atoms with E-state index in [0.717, 1.165) is 21.6 Å². The molecule has 1 aliphatic heterocycles. The van der Waals surface area contributed by atoms with Crippen molar-refractivity contribution in [2.45, 2.75) is 19.8 Å². The Balaban J connectivity index is 1.62. The molecule has 27 heavy (non-hydrogen) atoms. The molecule has 6 nitrogen and oxygen atoms in total. The van der Waals surface area contributed by atoms with E-state index in [0.29, 0.717) is 30.8 Å². The van der Waals surface area contributed by atoms with Crippen LogP contribution in [0.3, 0.4) is 0 Å². The van der Waals surface area contributed by atoms with Crippen molar-refractivity contribution in [3.63, 3.8) is 0 Å². The van der Waals surface area contributed by atoms with E-state index in [1.54, 1.807) is 21.7 Å². The van der Waals surface area contributed by atoms with Crippen LogP contribution in [0, 0.1) is 18.7 Å². The highest BCUT2D eigenvalue weighted by Crippen LogP contribution is 2.32. The summed E-state index contributed by atoms with van der Waals surface area (Å²) < 4.78 is 14.9. The van der Waals surface area contributed by atoms with Gasteiger partial charge in [0, 0.05) is 24.4 Å². The minimum Gasteiger partial charge on any atom is -0.369 e. The van der Waals surface area contributed by atoms with Crippen LogP contribution < -0.4 is 5.73 Å². The fourth-order valence-electron chi connectivity index (χ4n) is 3.43. The van der Waals surface area contributed by atoms with Crippen LogP contribution in [0.5, 0.6) is 0 Å². The number of halogens is 1. The van der Waals surface area contributed by atoms with Crippen molar-refractivity contribution < 1.29 is 14.0 Å². The lowest BCUT2D eigenvalue weighted by Crippen LogP contribution is -2.41. The average molecular weight is 386 g/mol. The highest BCUT2D eigenvalue weighted by Gasteiger charge is 2.28. The second kappa shape index (κ2) is 6.77. The number of aryl methyl sites for hydroxylation is 1. The number of benzene rings is 1. The van der Waals surface area contributed by atoms with Gasteiger partial charge >= 0.3 is 0 Å². The van der Waals surface area contributed by atoms with Crippen LogP contribution >= 0.6 is 11.3 Å². The monoisotopic (exact) mass is 386 g/mol. The van der Waals surface area contributed by atoms with Gasteiger partial charge in [0.05, 0.1) is 16.3 Å². The van der Waals surface area contributed by atoms with Crippen LogP contribution in [-0.4, -0.2) is 39.6 Å². The predicted molar refractivity (Wildman–Crippen MR) is 101 cm³/mol. The highest BCUT2D eigenvalue weighted by molar-refractivity contribution is 7.20. The lowest BCUT2D eigenvalue weighted by atomic mass is 9.96. The molecule has 0 spiro atoms. The first-order chi connectivity index (χ1) is 12.9. The van der Waals surface area contributed by atoms with E-state index in [1.165, 1.54) is 23.5 Å². The van der Waals surface area contributed by atoms with E-state index in [9.17, 15) is 14.0 Å². The molecule has 0 saturated carbocycles. The number of thiophene rings is 1. The highest BCUT2D eigenvalue weighted by atomic mass is 32.1. The third kappa shape index (κ3) is 3.21. The maximum absolute atomic E-state index is 13.2. The van der Waals surface area contributed by atoms with Gasteiger partial charge in [-0.1, -0.05) is 0 Å². The standard InChI is InChI=1S/C19H19FN4O2S/c1-11-15-10-16(18(26)23-8-6-12(7-9-23)17(21)25)27-19(15)24(22-11)14-4-2-13(20)3-5-14/h2-5,10,12H,6-9H2,1H3,(H2,21,25). The molecule has 140 valence electrons. The maximum atomic E-state index is 13.2. The number of hydrogen-bond acceptors (Lipinski definition) is 4. The lowest BCUT2D eigenvalue weighted by Gasteiger charge is -2.30. The molecule has 2 N–H and O–H groups in total. The average Bonchev–Trinajstić information content (AvgIpc) is 3.23. The van der Waals surface area contributed by atoms with Gasteiger partial charge in [0.1, 0.15) is 10.6 Å². The van der Waals surface area contributed by atoms with Gasteiger partial charge in [-0.05, 0) is 50.1 Å². The third-order valence-corrected chi connectivity index (χ3v) is 6.11. The van der Waals surface area contributed by atoms with E-state index >= 15 is 0 Å². The molecule has 8 heteroatoms. The van der Waals surface area contributed by atoms with Gasteiger partial charge in [0.15, 0.2) is 0 Å². The molecule has 3 aromatic rings. The summed E-state index contributed by atoms with van der Waals surface area (Å²) in [5, 5.41) is 5.44. The van der Waals surface area contributed by atoms with E-state index < -0.39 is 0 Å². The number of carbonyl (C=O) groups excluding carboxylic acids is 2. The number of nitrogens with two attached hydrogens (primary N) is 1. The first-order valence-electron chi connectivity index (χ1n) is 8.77. The Morgan fingerprint density at radius 2 is 1.89 bits per heavy atom. The number of piperidine rings is 1. The Kier molecular flexibility index (Phi) is 4.43. The van der Waals surface area contributed by atoms with Gasteiger partial charge in [-0.2, -0.15) is 5.10 Å². The molecule has 3 heterocycles. The molecule has 1 aliphatic rings. The molecule has 1 fully saturated rings. The Morgan fingerprint density at radius 1 is 1.22 bits per heavy atom. The zero-order valence-corrected chi connectivity index (χ0v) is 15.6. The molecule has 0 atom stereocenters. The summed E-state index contributed by atoms with van der Waals surface area (Å²) >= 11 is 1.38. The first-order valence-corrected chi connectivity index (χ1v) is 9.59. The molecule has 0 unspecified atom stereocenters. The molecular formula is C19H19FN4O2S. The second-order valence-corrected chi connectivity index (χ2v) is 7.80. The summed E-state index contributed by atoms with van der Waals surface area (Å²) in [5.74, 6) is -0.783. The number of rotatable bonds is 3. The maximum Gasteiger partial charge on any atom is 0.264 e. The topological polar surface area (TPSA) is 81.2 Å². The van der Waals surface area contributed by atoms with Crippen LogP contribution in [-0.2, 0) is 4.79 Å². The predicted octanol–water partition coefficient (Wildman–Crippen LogP) is 2.87. The first kappa shape index (κ1) is 17.7. The Hall–Kier alpha value is -2.74. The van der Waals surface area contributed by atoms with Crippen LogP contribution in [0.25, 0.3) is 15.9 Å². The van der Waals surface area contributed by atoms with Gasteiger partial charge in [0.25, 0.3) is 5.91 Å². The van der Waals surface area contributed by atoms with Crippen molar-refractivity contribution in [3.05, 3.63) is 46.7 Å². The van der Waals surface area contributed by atoms with E-state index in [2.05, 4.69) is 5.10 Å². The molecule has 0 aliphatic carbocycles. The molecule has 4 rings (SSSR count). The van der Waals surface area contributed by atoms with E-state index in [1.807, 2.05) is 13.0 Å². The zero-order chi connectivity index (χ0) is 19.1. The number of aromatic nitrogens is 2. The van der Waals surface area contributed by atoms with Crippen molar-refractivity contribution in [2.24, 2.45) is 11.7 Å². The molecule has 1 saturated heterocycles. The third-order valence-electron chi connectivity index (χ3n) is 5.01. The SMILES string of the molecule is Cc1nn(-c2ccc(F)cc2)c2sc(C(=O)N3CCC(C(N)=O)CC3)cc12. The summed E-state index contributed by atoms with van der Waals surface area (Å²) in [6.45, 7) is 2.95. The van der Waals surface area contributed by atoms with Gasteiger partial charge in [0.2, 0.25) is 5.91 Å². The number of likely N-dealkylation sites (tertiary alicyclic amines) is 1. The fraction of sp³-hybridized carbons (Fsp3) is 0.316. The fourth-order valence-corrected chi connectivity index (χ4v) is 4.58. The summed E-state index contributed by atoms with van der Waals surface area (Å²) in [6.07, 6.45) is 1.21. The summed E-state index contributed by atoms with van der Waals surface area (Å²) in [5.41, 5.74) is 6.93. The van der Waals surface area contributed by atoms with Crippen LogP contribution in [0.2, 0.25) is 0 Å². The minimum atomic E-state index is -0.305. The molecule has 2 aromatic heterocycles.